The molecule has 136 valence electrons. The lowest BCUT2D eigenvalue weighted by Crippen LogP contribution is -2.42. The summed E-state index contributed by atoms with van der Waals surface area (Å²) in [5, 5.41) is 4.03. The van der Waals surface area contributed by atoms with Gasteiger partial charge in [-0.2, -0.15) is 5.10 Å². The molecule has 0 spiro atoms. The summed E-state index contributed by atoms with van der Waals surface area (Å²) < 4.78 is 11.5. The average molecular weight is 352 g/mol. The maximum atomic E-state index is 12.3. The standard InChI is InChI=1S/C21H24N2O3/c1-14-7-5-6-8-15(14)12-22-23-20(24)19-13-25-17-10-9-16(21(2,3)4)11-18(17)26-19/h5-12,19H,13H2,1-4H3,(H,23,24)/b22-12+/t19-/m0/s1. The highest BCUT2D eigenvalue weighted by Gasteiger charge is 2.28. The molecule has 0 aliphatic carbocycles. The molecule has 1 atom stereocenters. The zero-order chi connectivity index (χ0) is 18.7. The van der Waals surface area contributed by atoms with Crippen molar-refractivity contribution in [3.8, 4) is 11.5 Å². The fourth-order valence-corrected chi connectivity index (χ4v) is 2.64. The maximum absolute atomic E-state index is 12.3. The first kappa shape index (κ1) is 18.0. The molecule has 0 saturated heterocycles. The molecule has 1 aliphatic rings. The topological polar surface area (TPSA) is 59.9 Å². The van der Waals surface area contributed by atoms with Crippen LogP contribution in [0.4, 0.5) is 0 Å². The van der Waals surface area contributed by atoms with Crippen LogP contribution in [0.1, 0.15) is 37.5 Å². The molecule has 0 aromatic heterocycles. The van der Waals surface area contributed by atoms with Gasteiger partial charge < -0.3 is 9.47 Å². The SMILES string of the molecule is Cc1ccccc1/C=N/NC(=O)[C@@H]1COc2ccc(C(C)(C)C)cc2O1. The summed E-state index contributed by atoms with van der Waals surface area (Å²) in [6.07, 6.45) is 0.898. The van der Waals surface area contributed by atoms with E-state index < -0.39 is 6.10 Å². The zero-order valence-electron chi connectivity index (χ0n) is 15.6. The van der Waals surface area contributed by atoms with Crippen molar-refractivity contribution >= 4 is 12.1 Å². The van der Waals surface area contributed by atoms with E-state index in [4.69, 9.17) is 9.47 Å². The van der Waals surface area contributed by atoms with E-state index in [1.165, 1.54) is 0 Å². The van der Waals surface area contributed by atoms with Crippen LogP contribution in [0.25, 0.3) is 0 Å². The molecule has 1 aliphatic heterocycles. The van der Waals surface area contributed by atoms with E-state index >= 15 is 0 Å². The first-order valence-electron chi connectivity index (χ1n) is 8.67. The Morgan fingerprint density at radius 2 is 1.96 bits per heavy atom. The summed E-state index contributed by atoms with van der Waals surface area (Å²) in [4.78, 5) is 12.3. The Hall–Kier alpha value is -2.82. The first-order chi connectivity index (χ1) is 12.3. The van der Waals surface area contributed by atoms with Gasteiger partial charge in [0.2, 0.25) is 6.10 Å². The normalized spacial score (nSPS) is 16.5. The Labute approximate surface area is 154 Å². The number of amides is 1. The number of nitrogens with zero attached hydrogens (tertiary/aromatic N) is 1. The third kappa shape index (κ3) is 4.04. The Balaban J connectivity index is 1.66. The molecule has 2 aromatic rings. The molecule has 0 unspecified atom stereocenters. The van der Waals surface area contributed by atoms with E-state index in [1.54, 1.807) is 6.21 Å². The number of nitrogens with one attached hydrogen (secondary N) is 1. The smallest absolute Gasteiger partial charge is 0.284 e. The number of carbonyl (C=O) groups excluding carboxylic acids is 1. The number of carbonyl (C=O) groups is 1. The van der Waals surface area contributed by atoms with E-state index in [-0.39, 0.29) is 17.9 Å². The van der Waals surface area contributed by atoms with Gasteiger partial charge in [0.05, 0.1) is 6.21 Å². The minimum Gasteiger partial charge on any atom is -0.485 e. The predicted molar refractivity (Wildman–Crippen MR) is 102 cm³/mol. The highest BCUT2D eigenvalue weighted by atomic mass is 16.6. The molecule has 5 nitrogen and oxygen atoms in total. The van der Waals surface area contributed by atoms with Gasteiger partial charge in [0, 0.05) is 0 Å². The van der Waals surface area contributed by atoms with Crippen LogP contribution >= 0.6 is 0 Å². The van der Waals surface area contributed by atoms with Gasteiger partial charge in [-0.05, 0) is 41.2 Å². The number of hydrogen-bond acceptors (Lipinski definition) is 4. The summed E-state index contributed by atoms with van der Waals surface area (Å²) in [7, 11) is 0. The summed E-state index contributed by atoms with van der Waals surface area (Å²) in [6.45, 7) is 8.53. The van der Waals surface area contributed by atoms with E-state index in [9.17, 15) is 4.79 Å². The van der Waals surface area contributed by atoms with Crippen molar-refractivity contribution in [2.24, 2.45) is 5.10 Å². The van der Waals surface area contributed by atoms with Crippen molar-refractivity contribution < 1.29 is 14.3 Å². The Bertz CT molecular complexity index is 837. The van der Waals surface area contributed by atoms with Gasteiger partial charge in [0.25, 0.3) is 5.91 Å². The molecular weight excluding hydrogens is 328 g/mol. The lowest BCUT2D eigenvalue weighted by Gasteiger charge is -2.27. The van der Waals surface area contributed by atoms with Crippen LogP contribution in [-0.4, -0.2) is 24.8 Å². The van der Waals surface area contributed by atoms with Crippen molar-refractivity contribution in [2.45, 2.75) is 39.2 Å². The molecular formula is C21H24N2O3. The van der Waals surface area contributed by atoms with E-state index in [0.717, 1.165) is 16.7 Å². The third-order valence-corrected chi connectivity index (χ3v) is 4.33. The summed E-state index contributed by atoms with van der Waals surface area (Å²) in [6, 6.07) is 13.7. The molecule has 26 heavy (non-hydrogen) atoms. The van der Waals surface area contributed by atoms with E-state index in [1.807, 2.05) is 49.4 Å². The van der Waals surface area contributed by atoms with Crippen molar-refractivity contribution in [1.29, 1.82) is 0 Å². The number of hydrazone groups is 1. The van der Waals surface area contributed by atoms with Gasteiger partial charge in [-0.25, -0.2) is 5.43 Å². The van der Waals surface area contributed by atoms with Crippen LogP contribution in [-0.2, 0) is 10.2 Å². The summed E-state index contributed by atoms with van der Waals surface area (Å²) in [5.41, 5.74) is 5.69. The monoisotopic (exact) mass is 352 g/mol. The highest BCUT2D eigenvalue weighted by molar-refractivity contribution is 5.85. The van der Waals surface area contributed by atoms with Gasteiger partial charge in [-0.3, -0.25) is 4.79 Å². The van der Waals surface area contributed by atoms with Crippen LogP contribution in [0, 0.1) is 6.92 Å². The molecule has 1 N–H and O–H groups in total. The molecule has 1 heterocycles. The van der Waals surface area contributed by atoms with Crippen LogP contribution in [0.3, 0.4) is 0 Å². The quantitative estimate of drug-likeness (QED) is 0.678. The fourth-order valence-electron chi connectivity index (χ4n) is 2.64. The van der Waals surface area contributed by atoms with Crippen LogP contribution in [0.2, 0.25) is 0 Å². The van der Waals surface area contributed by atoms with Gasteiger partial charge in [0.1, 0.15) is 6.61 Å². The first-order valence-corrected chi connectivity index (χ1v) is 8.67. The molecule has 0 fully saturated rings. The van der Waals surface area contributed by atoms with Crippen molar-refractivity contribution in [2.75, 3.05) is 6.61 Å². The number of hydrogen-bond donors (Lipinski definition) is 1. The van der Waals surface area contributed by atoms with Crippen LogP contribution in [0.15, 0.2) is 47.6 Å². The van der Waals surface area contributed by atoms with Crippen molar-refractivity contribution in [3.63, 3.8) is 0 Å². The molecule has 0 saturated carbocycles. The number of fused-ring (bicyclic) bond motifs is 1. The minimum absolute atomic E-state index is 0.00850. The number of aryl methyl sites for hydroxylation is 1. The number of benzene rings is 2. The van der Waals surface area contributed by atoms with Crippen molar-refractivity contribution in [1.82, 2.24) is 5.43 Å². The molecule has 1 amide bonds. The van der Waals surface area contributed by atoms with Gasteiger partial charge in [0.15, 0.2) is 11.5 Å². The minimum atomic E-state index is -0.730. The lowest BCUT2D eigenvalue weighted by molar-refractivity contribution is -0.130. The van der Waals surface area contributed by atoms with Gasteiger partial charge >= 0.3 is 0 Å². The Morgan fingerprint density at radius 1 is 1.19 bits per heavy atom. The summed E-state index contributed by atoms with van der Waals surface area (Å²) >= 11 is 0. The molecule has 3 rings (SSSR count). The second kappa shape index (κ2) is 7.20. The zero-order valence-corrected chi connectivity index (χ0v) is 15.6. The molecule has 5 heteroatoms. The summed E-state index contributed by atoms with van der Waals surface area (Å²) in [5.74, 6) is 0.916. The van der Waals surface area contributed by atoms with Crippen LogP contribution in [0.5, 0.6) is 11.5 Å². The molecule has 2 aromatic carbocycles. The second-order valence-electron chi connectivity index (χ2n) is 7.42. The van der Waals surface area contributed by atoms with E-state index in [2.05, 4.69) is 31.3 Å². The Kier molecular flexibility index (Phi) is 4.98. The number of rotatable bonds is 3. The van der Waals surface area contributed by atoms with Gasteiger partial charge in [-0.1, -0.05) is 51.1 Å². The molecule has 0 bridgehead atoms. The number of ether oxygens (including phenoxy) is 2. The maximum Gasteiger partial charge on any atom is 0.284 e. The predicted octanol–water partition coefficient (Wildman–Crippen LogP) is 3.58. The van der Waals surface area contributed by atoms with E-state index in [0.29, 0.717) is 11.5 Å². The fraction of sp³-hybridized carbons (Fsp3) is 0.333. The largest absolute Gasteiger partial charge is 0.485 e. The highest BCUT2D eigenvalue weighted by Crippen LogP contribution is 2.36. The second-order valence-corrected chi connectivity index (χ2v) is 7.42. The Morgan fingerprint density at radius 3 is 2.69 bits per heavy atom. The van der Waals surface area contributed by atoms with Gasteiger partial charge in [-0.15, -0.1) is 0 Å². The lowest BCUT2D eigenvalue weighted by atomic mass is 9.87. The van der Waals surface area contributed by atoms with Crippen molar-refractivity contribution in [3.05, 3.63) is 59.2 Å². The van der Waals surface area contributed by atoms with Crippen LogP contribution < -0.4 is 14.9 Å². The molecule has 0 radical (unpaired) electrons. The average Bonchev–Trinajstić information content (AvgIpc) is 2.61. The third-order valence-electron chi connectivity index (χ3n) is 4.33.